The van der Waals surface area contributed by atoms with Gasteiger partial charge >= 0.3 is 0 Å². The van der Waals surface area contributed by atoms with E-state index in [0.717, 1.165) is 17.8 Å². The molecule has 1 aromatic carbocycles. The third-order valence-electron chi connectivity index (χ3n) is 3.41. The summed E-state index contributed by atoms with van der Waals surface area (Å²) in [6.07, 6.45) is 0. The second kappa shape index (κ2) is 5.01. The van der Waals surface area contributed by atoms with Gasteiger partial charge < -0.3 is 10.2 Å². The molecule has 19 heavy (non-hydrogen) atoms. The summed E-state index contributed by atoms with van der Waals surface area (Å²) in [5.41, 5.74) is 1.32. The first-order valence-corrected chi connectivity index (χ1v) is 6.30. The summed E-state index contributed by atoms with van der Waals surface area (Å²) in [4.78, 5) is 25.3. The lowest BCUT2D eigenvalue weighted by Gasteiger charge is -2.41. The predicted molar refractivity (Wildman–Crippen MR) is 73.8 cm³/mol. The molecular formula is C14H19N3O2. The fourth-order valence-corrected chi connectivity index (χ4v) is 2.19. The molecule has 0 bridgehead atoms. The van der Waals surface area contributed by atoms with E-state index >= 15 is 0 Å². The van der Waals surface area contributed by atoms with Crippen LogP contribution >= 0.6 is 0 Å². The van der Waals surface area contributed by atoms with Gasteiger partial charge in [0, 0.05) is 12.2 Å². The van der Waals surface area contributed by atoms with E-state index in [-0.39, 0.29) is 18.4 Å². The molecule has 2 rings (SSSR count). The number of benzene rings is 1. The monoisotopic (exact) mass is 261 g/mol. The van der Waals surface area contributed by atoms with Gasteiger partial charge in [0.25, 0.3) is 5.91 Å². The molecule has 1 aliphatic heterocycles. The summed E-state index contributed by atoms with van der Waals surface area (Å²) in [5.74, 6) is -0.522. The number of amides is 2. The van der Waals surface area contributed by atoms with E-state index in [2.05, 4.69) is 10.6 Å². The Morgan fingerprint density at radius 2 is 1.89 bits per heavy atom. The summed E-state index contributed by atoms with van der Waals surface area (Å²) in [6.45, 7) is 4.62. The van der Waals surface area contributed by atoms with E-state index < -0.39 is 5.54 Å². The Labute approximate surface area is 113 Å². The van der Waals surface area contributed by atoms with Crippen molar-refractivity contribution >= 4 is 17.5 Å². The minimum atomic E-state index is -0.724. The van der Waals surface area contributed by atoms with Crippen LogP contribution in [0.2, 0.25) is 0 Å². The van der Waals surface area contributed by atoms with Gasteiger partial charge in [-0.2, -0.15) is 0 Å². The van der Waals surface area contributed by atoms with Gasteiger partial charge in [-0.15, -0.1) is 0 Å². The van der Waals surface area contributed by atoms with Crippen LogP contribution in [0, 0.1) is 0 Å². The smallest absolute Gasteiger partial charge is 0.251 e. The van der Waals surface area contributed by atoms with Gasteiger partial charge in [-0.05, 0) is 38.6 Å². The molecule has 1 fully saturated rings. The summed E-state index contributed by atoms with van der Waals surface area (Å²) < 4.78 is 0. The van der Waals surface area contributed by atoms with E-state index in [1.165, 1.54) is 0 Å². The summed E-state index contributed by atoms with van der Waals surface area (Å²) in [6, 6.07) is 7.89. The molecule has 0 radical (unpaired) electrons. The van der Waals surface area contributed by atoms with Crippen molar-refractivity contribution in [2.45, 2.75) is 25.9 Å². The first kappa shape index (κ1) is 13.5. The van der Waals surface area contributed by atoms with Gasteiger partial charge in [-0.1, -0.05) is 12.1 Å². The van der Waals surface area contributed by atoms with E-state index in [1.54, 1.807) is 0 Å². The molecular weight excluding hydrogens is 242 g/mol. The third kappa shape index (κ3) is 2.61. The molecule has 0 spiro atoms. The number of nitrogens with zero attached hydrogens (tertiary/aromatic N) is 1. The molecule has 1 heterocycles. The number of carbonyl (C=O) groups excluding carboxylic acids is 2. The number of hydrogen-bond acceptors (Lipinski definition) is 4. The normalized spacial score (nSPS) is 18.4. The van der Waals surface area contributed by atoms with Crippen molar-refractivity contribution in [1.82, 2.24) is 10.6 Å². The molecule has 2 N–H and O–H groups in total. The first-order chi connectivity index (χ1) is 8.95. The van der Waals surface area contributed by atoms with E-state index in [9.17, 15) is 9.59 Å². The number of anilines is 1. The van der Waals surface area contributed by atoms with Crippen LogP contribution in [0.3, 0.4) is 0 Å². The second-order valence-electron chi connectivity index (χ2n) is 5.22. The van der Waals surface area contributed by atoms with Crippen LogP contribution in [0.15, 0.2) is 24.3 Å². The molecule has 2 amide bonds. The average molecular weight is 261 g/mol. The third-order valence-corrected chi connectivity index (χ3v) is 3.41. The topological polar surface area (TPSA) is 61.4 Å². The first-order valence-electron chi connectivity index (χ1n) is 6.30. The zero-order chi connectivity index (χ0) is 14.0. The maximum absolute atomic E-state index is 11.9. The van der Waals surface area contributed by atoms with Gasteiger partial charge in [0.2, 0.25) is 5.91 Å². The highest BCUT2D eigenvalue weighted by molar-refractivity contribution is 6.06. The molecule has 0 saturated carbocycles. The van der Waals surface area contributed by atoms with Gasteiger partial charge in [0.1, 0.15) is 5.54 Å². The zero-order valence-corrected chi connectivity index (χ0v) is 11.5. The number of imide groups is 1. The average Bonchev–Trinajstić information content (AvgIpc) is 2.36. The highest BCUT2D eigenvalue weighted by atomic mass is 16.2. The van der Waals surface area contributed by atoms with E-state index in [0.29, 0.717) is 0 Å². The van der Waals surface area contributed by atoms with Crippen LogP contribution in [0.4, 0.5) is 5.69 Å². The number of rotatable bonds is 3. The highest BCUT2D eigenvalue weighted by Crippen LogP contribution is 2.26. The lowest BCUT2D eigenvalue weighted by molar-refractivity contribution is -0.135. The van der Waals surface area contributed by atoms with Crippen molar-refractivity contribution < 1.29 is 9.59 Å². The van der Waals surface area contributed by atoms with Crippen LogP contribution in [0.25, 0.3) is 0 Å². The van der Waals surface area contributed by atoms with Crippen molar-refractivity contribution in [2.75, 3.05) is 18.5 Å². The lowest BCUT2D eigenvalue weighted by Crippen LogP contribution is -2.64. The molecule has 5 heteroatoms. The van der Waals surface area contributed by atoms with Gasteiger partial charge in [-0.25, -0.2) is 0 Å². The Bertz CT molecular complexity index is 494. The van der Waals surface area contributed by atoms with E-state index in [4.69, 9.17) is 0 Å². The van der Waals surface area contributed by atoms with Crippen LogP contribution in [0.1, 0.15) is 19.4 Å². The summed E-state index contributed by atoms with van der Waals surface area (Å²) in [7, 11) is 1.89. The molecule has 0 aliphatic carbocycles. The maximum Gasteiger partial charge on any atom is 0.251 e. The number of piperazine rings is 1. The largest absolute Gasteiger partial charge is 0.348 e. The molecule has 1 saturated heterocycles. The number of nitrogens with one attached hydrogen (secondary N) is 2. The Hall–Kier alpha value is -1.88. The molecule has 0 unspecified atom stereocenters. The number of carbonyl (C=O) groups is 2. The van der Waals surface area contributed by atoms with Crippen molar-refractivity contribution in [3.63, 3.8) is 0 Å². The van der Waals surface area contributed by atoms with Crippen LogP contribution in [-0.4, -0.2) is 30.9 Å². The Morgan fingerprint density at radius 1 is 1.26 bits per heavy atom. The SMILES string of the molecule is CNCc1ccc(N2CC(=O)NC(=O)C2(C)C)cc1. The Kier molecular flexibility index (Phi) is 3.57. The molecule has 1 aromatic rings. The fourth-order valence-electron chi connectivity index (χ4n) is 2.19. The summed E-state index contributed by atoms with van der Waals surface area (Å²) >= 11 is 0. The van der Waals surface area contributed by atoms with Gasteiger partial charge in [-0.3, -0.25) is 14.9 Å². The van der Waals surface area contributed by atoms with E-state index in [1.807, 2.05) is 50.1 Å². The molecule has 102 valence electrons. The Balaban J connectivity index is 2.28. The van der Waals surface area contributed by atoms with Crippen molar-refractivity contribution in [1.29, 1.82) is 0 Å². The highest BCUT2D eigenvalue weighted by Gasteiger charge is 2.40. The lowest BCUT2D eigenvalue weighted by atomic mass is 9.97. The van der Waals surface area contributed by atoms with Gasteiger partial charge in [0.05, 0.1) is 6.54 Å². The standard InChI is InChI=1S/C14H19N3O2/c1-14(2)13(19)16-12(18)9-17(14)11-6-4-10(5-7-11)8-15-3/h4-7,15H,8-9H2,1-3H3,(H,16,18,19). The minimum Gasteiger partial charge on any atom is -0.348 e. The minimum absolute atomic E-state index is 0.199. The van der Waals surface area contributed by atoms with Crippen molar-refractivity contribution in [2.24, 2.45) is 0 Å². The Morgan fingerprint density at radius 3 is 2.47 bits per heavy atom. The maximum atomic E-state index is 11.9. The molecule has 5 nitrogen and oxygen atoms in total. The predicted octanol–water partition coefficient (Wildman–Crippen LogP) is 0.647. The molecule has 1 aliphatic rings. The van der Waals surface area contributed by atoms with Crippen LogP contribution in [-0.2, 0) is 16.1 Å². The molecule has 0 aromatic heterocycles. The number of hydrogen-bond donors (Lipinski definition) is 2. The zero-order valence-electron chi connectivity index (χ0n) is 11.5. The molecule has 0 atom stereocenters. The van der Waals surface area contributed by atoms with Crippen LogP contribution in [0.5, 0.6) is 0 Å². The van der Waals surface area contributed by atoms with Crippen LogP contribution < -0.4 is 15.5 Å². The van der Waals surface area contributed by atoms with Gasteiger partial charge in [0.15, 0.2) is 0 Å². The fraction of sp³-hybridized carbons (Fsp3) is 0.429. The second-order valence-corrected chi connectivity index (χ2v) is 5.22. The summed E-state index contributed by atoms with van der Waals surface area (Å²) in [5, 5.41) is 5.45. The quantitative estimate of drug-likeness (QED) is 0.784. The van der Waals surface area contributed by atoms with Crippen molar-refractivity contribution in [3.05, 3.63) is 29.8 Å². The van der Waals surface area contributed by atoms with Crippen molar-refractivity contribution in [3.8, 4) is 0 Å².